The van der Waals surface area contributed by atoms with Crippen molar-refractivity contribution in [3.05, 3.63) is 47.2 Å². The van der Waals surface area contributed by atoms with Crippen molar-refractivity contribution in [1.82, 2.24) is 0 Å². The van der Waals surface area contributed by atoms with Crippen LogP contribution in [0.25, 0.3) is 0 Å². The molecule has 2 rings (SSSR count). The summed E-state index contributed by atoms with van der Waals surface area (Å²) in [6.07, 6.45) is 3.37. The quantitative estimate of drug-likeness (QED) is 0.689. The zero-order valence-electron chi connectivity index (χ0n) is 8.82. The molecule has 0 amide bonds. The van der Waals surface area contributed by atoms with Crippen molar-refractivity contribution in [3.63, 3.8) is 0 Å². The maximum Gasteiger partial charge on any atom is 0.192 e. The Morgan fingerprint density at radius 2 is 2.13 bits per heavy atom. The summed E-state index contributed by atoms with van der Waals surface area (Å²) in [4.78, 5) is 12.1. The third-order valence-corrected chi connectivity index (χ3v) is 2.62. The molecule has 1 aromatic rings. The molecule has 0 saturated carbocycles. The van der Waals surface area contributed by atoms with Gasteiger partial charge >= 0.3 is 0 Å². The normalized spacial score (nSPS) is 15.4. The number of rotatable bonds is 2. The summed E-state index contributed by atoms with van der Waals surface area (Å²) in [6.45, 7) is 2.68. The molecule has 15 heavy (non-hydrogen) atoms. The Balaban J connectivity index is 2.28. The largest absolute Gasteiger partial charge is 0.501 e. The monoisotopic (exact) mass is 202 g/mol. The standard InChI is InChI=1S/C13H14O2/c1-10-5-2-3-7-12(10)13(14)11-6-4-8-15-9-11/h2-3,5,7,9H,4,6,8H2,1H3. The van der Waals surface area contributed by atoms with Crippen molar-refractivity contribution < 1.29 is 9.53 Å². The van der Waals surface area contributed by atoms with Gasteiger partial charge in [0.2, 0.25) is 0 Å². The van der Waals surface area contributed by atoms with E-state index in [2.05, 4.69) is 0 Å². The minimum Gasteiger partial charge on any atom is -0.501 e. The Kier molecular flexibility index (Phi) is 2.86. The molecule has 0 saturated heterocycles. The van der Waals surface area contributed by atoms with E-state index in [4.69, 9.17) is 4.74 Å². The first-order valence-corrected chi connectivity index (χ1v) is 5.20. The fraction of sp³-hybridized carbons (Fsp3) is 0.308. The zero-order chi connectivity index (χ0) is 10.7. The van der Waals surface area contributed by atoms with Gasteiger partial charge in [-0.3, -0.25) is 4.79 Å². The minimum absolute atomic E-state index is 0.104. The number of aryl methyl sites for hydroxylation is 1. The molecule has 0 atom stereocenters. The van der Waals surface area contributed by atoms with E-state index < -0.39 is 0 Å². The smallest absolute Gasteiger partial charge is 0.192 e. The lowest BCUT2D eigenvalue weighted by Crippen LogP contribution is -2.10. The highest BCUT2D eigenvalue weighted by Gasteiger charge is 2.16. The van der Waals surface area contributed by atoms with Crippen LogP contribution in [0.3, 0.4) is 0 Å². The van der Waals surface area contributed by atoms with Gasteiger partial charge in [0.05, 0.1) is 12.9 Å². The highest BCUT2D eigenvalue weighted by atomic mass is 16.5. The lowest BCUT2D eigenvalue weighted by molar-refractivity contribution is 0.101. The molecule has 78 valence electrons. The Bertz CT molecular complexity index is 405. The van der Waals surface area contributed by atoms with E-state index in [1.165, 1.54) is 0 Å². The lowest BCUT2D eigenvalue weighted by Gasteiger charge is -2.13. The highest BCUT2D eigenvalue weighted by Crippen LogP contribution is 2.19. The number of carbonyl (C=O) groups excluding carboxylic acids is 1. The predicted molar refractivity (Wildman–Crippen MR) is 58.8 cm³/mol. The zero-order valence-corrected chi connectivity index (χ0v) is 8.82. The van der Waals surface area contributed by atoms with E-state index in [1.807, 2.05) is 31.2 Å². The van der Waals surface area contributed by atoms with Crippen molar-refractivity contribution in [3.8, 4) is 0 Å². The Morgan fingerprint density at radius 1 is 1.33 bits per heavy atom. The van der Waals surface area contributed by atoms with Gasteiger partial charge in [0.25, 0.3) is 0 Å². The number of ketones is 1. The first kappa shape index (κ1) is 9.97. The Labute approximate surface area is 89.6 Å². The summed E-state index contributed by atoms with van der Waals surface area (Å²) in [5, 5.41) is 0. The lowest BCUT2D eigenvalue weighted by atomic mass is 9.96. The van der Waals surface area contributed by atoms with Gasteiger partial charge in [0.15, 0.2) is 5.78 Å². The summed E-state index contributed by atoms with van der Waals surface area (Å²) in [5.41, 5.74) is 2.60. The third-order valence-electron chi connectivity index (χ3n) is 2.62. The van der Waals surface area contributed by atoms with Gasteiger partial charge in [-0.25, -0.2) is 0 Å². The minimum atomic E-state index is 0.104. The highest BCUT2D eigenvalue weighted by molar-refractivity contribution is 6.09. The molecule has 1 aromatic carbocycles. The molecule has 0 bridgehead atoms. The number of hydrogen-bond acceptors (Lipinski definition) is 2. The van der Waals surface area contributed by atoms with E-state index in [0.717, 1.165) is 36.1 Å². The van der Waals surface area contributed by atoms with Crippen LogP contribution in [0.4, 0.5) is 0 Å². The van der Waals surface area contributed by atoms with Crippen molar-refractivity contribution in [2.24, 2.45) is 0 Å². The first-order chi connectivity index (χ1) is 7.29. The molecule has 2 nitrogen and oxygen atoms in total. The van der Waals surface area contributed by atoms with Gasteiger partial charge < -0.3 is 4.74 Å². The van der Waals surface area contributed by atoms with Gasteiger partial charge in [0.1, 0.15) is 0 Å². The van der Waals surface area contributed by atoms with Crippen molar-refractivity contribution in [1.29, 1.82) is 0 Å². The molecule has 1 aliphatic rings. The van der Waals surface area contributed by atoms with Gasteiger partial charge in [-0.2, -0.15) is 0 Å². The fourth-order valence-electron chi connectivity index (χ4n) is 1.73. The van der Waals surface area contributed by atoms with E-state index in [0.29, 0.717) is 0 Å². The second kappa shape index (κ2) is 4.30. The third kappa shape index (κ3) is 2.09. The van der Waals surface area contributed by atoms with E-state index in [9.17, 15) is 4.79 Å². The summed E-state index contributed by atoms with van der Waals surface area (Å²) in [6, 6.07) is 7.66. The van der Waals surface area contributed by atoms with E-state index >= 15 is 0 Å². The number of ether oxygens (including phenoxy) is 1. The molecule has 0 aliphatic carbocycles. The van der Waals surface area contributed by atoms with Crippen LogP contribution in [0.5, 0.6) is 0 Å². The van der Waals surface area contributed by atoms with Crippen LogP contribution in [-0.2, 0) is 4.74 Å². The second-order valence-corrected chi connectivity index (χ2v) is 3.76. The number of allylic oxidation sites excluding steroid dienone is 1. The average molecular weight is 202 g/mol. The molecule has 0 spiro atoms. The molecule has 0 aromatic heterocycles. The van der Waals surface area contributed by atoms with Crippen LogP contribution in [-0.4, -0.2) is 12.4 Å². The van der Waals surface area contributed by atoms with Crippen LogP contribution in [0, 0.1) is 6.92 Å². The number of Topliss-reactive ketones (excluding diaryl/α,β-unsaturated/α-hetero) is 1. The number of benzene rings is 1. The first-order valence-electron chi connectivity index (χ1n) is 5.20. The number of carbonyl (C=O) groups is 1. The average Bonchev–Trinajstić information content (AvgIpc) is 2.30. The Hall–Kier alpha value is -1.57. The summed E-state index contributed by atoms with van der Waals surface area (Å²) in [7, 11) is 0. The number of hydrogen-bond donors (Lipinski definition) is 0. The van der Waals surface area contributed by atoms with Crippen molar-refractivity contribution >= 4 is 5.78 Å². The molecule has 1 aliphatic heterocycles. The van der Waals surface area contributed by atoms with E-state index in [-0.39, 0.29) is 5.78 Å². The molecular formula is C13H14O2. The fourth-order valence-corrected chi connectivity index (χ4v) is 1.73. The van der Waals surface area contributed by atoms with Crippen LogP contribution in [0.15, 0.2) is 36.1 Å². The van der Waals surface area contributed by atoms with Crippen molar-refractivity contribution in [2.75, 3.05) is 6.61 Å². The maximum absolute atomic E-state index is 12.1. The predicted octanol–water partition coefficient (Wildman–Crippen LogP) is 2.87. The molecule has 2 heteroatoms. The van der Waals surface area contributed by atoms with Gasteiger partial charge in [-0.1, -0.05) is 24.3 Å². The maximum atomic E-state index is 12.1. The van der Waals surface area contributed by atoms with Crippen LogP contribution < -0.4 is 0 Å². The van der Waals surface area contributed by atoms with Crippen LogP contribution >= 0.6 is 0 Å². The SMILES string of the molecule is Cc1ccccc1C(=O)C1=COCCC1. The summed E-state index contributed by atoms with van der Waals surface area (Å²) in [5.74, 6) is 0.104. The molecule has 0 radical (unpaired) electrons. The van der Waals surface area contributed by atoms with E-state index in [1.54, 1.807) is 6.26 Å². The molecule has 0 unspecified atom stereocenters. The summed E-state index contributed by atoms with van der Waals surface area (Å²) >= 11 is 0. The molecular weight excluding hydrogens is 188 g/mol. The molecule has 1 heterocycles. The van der Waals surface area contributed by atoms with Crippen LogP contribution in [0.2, 0.25) is 0 Å². The van der Waals surface area contributed by atoms with Gasteiger partial charge in [0, 0.05) is 11.1 Å². The topological polar surface area (TPSA) is 26.3 Å². The van der Waals surface area contributed by atoms with Crippen molar-refractivity contribution in [2.45, 2.75) is 19.8 Å². The molecule has 0 fully saturated rings. The second-order valence-electron chi connectivity index (χ2n) is 3.76. The Morgan fingerprint density at radius 3 is 2.80 bits per heavy atom. The summed E-state index contributed by atoms with van der Waals surface area (Å²) < 4.78 is 5.18. The molecule has 0 N–H and O–H groups in total. The van der Waals surface area contributed by atoms with Gasteiger partial charge in [-0.05, 0) is 25.3 Å². The van der Waals surface area contributed by atoms with Crippen LogP contribution in [0.1, 0.15) is 28.8 Å². The van der Waals surface area contributed by atoms with Gasteiger partial charge in [-0.15, -0.1) is 0 Å².